The molecule has 0 unspecified atom stereocenters. The minimum Gasteiger partial charge on any atom is -0.465 e. The summed E-state index contributed by atoms with van der Waals surface area (Å²) in [6.45, 7) is 2.20. The number of carbonyl (C=O) groups excluding carboxylic acids is 1. The molecule has 0 aliphatic carbocycles. The minimum atomic E-state index is -0.223. The largest absolute Gasteiger partial charge is 0.465 e. The van der Waals surface area contributed by atoms with Crippen molar-refractivity contribution in [3.63, 3.8) is 0 Å². The van der Waals surface area contributed by atoms with Crippen LogP contribution in [0.15, 0.2) is 9.72 Å². The Hall–Kier alpha value is -0.260. The molecule has 3 nitrogen and oxygen atoms in total. The fraction of sp³-hybridized carbons (Fsp3) is 0.429. The number of rotatable bonds is 4. The number of hydrogen-bond donors (Lipinski definition) is 0. The Balaban J connectivity index is 2.30. The van der Waals surface area contributed by atoms with Gasteiger partial charge in [-0.15, -0.1) is 11.3 Å². The quantitative estimate of drug-likeness (QED) is 0.596. The molecule has 0 amide bonds. The van der Waals surface area contributed by atoms with E-state index in [0.29, 0.717) is 11.8 Å². The van der Waals surface area contributed by atoms with Gasteiger partial charge in [-0.1, -0.05) is 23.4 Å². The molecule has 1 aromatic rings. The predicted octanol–water partition coefficient (Wildman–Crippen LogP) is 2.45. The second-order valence-corrected chi connectivity index (χ2v) is 4.50. The maximum absolute atomic E-state index is 10.9. The van der Waals surface area contributed by atoms with E-state index in [1.807, 2.05) is 0 Å². The first-order chi connectivity index (χ1) is 6.22. The van der Waals surface area contributed by atoms with E-state index in [4.69, 9.17) is 16.3 Å². The van der Waals surface area contributed by atoms with Crippen LogP contribution >= 0.6 is 34.7 Å². The lowest BCUT2D eigenvalue weighted by atomic mass is 10.8. The summed E-state index contributed by atoms with van der Waals surface area (Å²) in [6, 6.07) is 0. The van der Waals surface area contributed by atoms with E-state index in [0.717, 1.165) is 4.34 Å². The third-order valence-electron chi connectivity index (χ3n) is 1.07. The molecule has 0 saturated heterocycles. The Morgan fingerprint density at radius 3 is 3.15 bits per heavy atom. The molecule has 13 heavy (non-hydrogen) atoms. The van der Waals surface area contributed by atoms with Gasteiger partial charge in [0.25, 0.3) is 0 Å². The number of ether oxygens (including phenoxy) is 1. The minimum absolute atomic E-state index is 0.223. The maximum atomic E-state index is 10.9. The molecule has 0 atom stereocenters. The van der Waals surface area contributed by atoms with Crippen LogP contribution in [0.3, 0.4) is 0 Å². The number of aromatic nitrogens is 1. The molecule has 1 rings (SSSR count). The lowest BCUT2D eigenvalue weighted by Gasteiger charge is -1.98. The third kappa shape index (κ3) is 3.97. The van der Waals surface area contributed by atoms with E-state index >= 15 is 0 Å². The topological polar surface area (TPSA) is 39.2 Å². The molecule has 0 fully saturated rings. The van der Waals surface area contributed by atoms with Gasteiger partial charge in [0.1, 0.15) is 5.15 Å². The third-order valence-corrected chi connectivity index (χ3v) is 3.39. The molecule has 0 spiro atoms. The van der Waals surface area contributed by atoms with Crippen LogP contribution in [-0.2, 0) is 9.53 Å². The molecule has 6 heteroatoms. The number of thioether (sulfide) groups is 1. The standard InChI is InChI=1S/C7H8ClNO2S2/c1-2-11-6(10)4-13-7-9-5(8)3-12-7/h3H,2,4H2,1H3. The van der Waals surface area contributed by atoms with E-state index in [2.05, 4.69) is 4.98 Å². The fourth-order valence-electron chi connectivity index (χ4n) is 0.629. The molecule has 0 aliphatic heterocycles. The summed E-state index contributed by atoms with van der Waals surface area (Å²) in [6.07, 6.45) is 0. The van der Waals surface area contributed by atoms with Gasteiger partial charge in [-0.3, -0.25) is 4.79 Å². The van der Waals surface area contributed by atoms with Crippen molar-refractivity contribution in [1.29, 1.82) is 0 Å². The highest BCUT2D eigenvalue weighted by molar-refractivity contribution is 8.01. The van der Waals surface area contributed by atoms with Crippen LogP contribution in [0.1, 0.15) is 6.92 Å². The molecular formula is C7H8ClNO2S2. The first-order valence-corrected chi connectivity index (χ1v) is 5.86. The van der Waals surface area contributed by atoms with Crippen LogP contribution < -0.4 is 0 Å². The summed E-state index contributed by atoms with van der Waals surface area (Å²) in [4.78, 5) is 14.9. The molecule has 1 aromatic heterocycles. The van der Waals surface area contributed by atoms with Crippen LogP contribution in [-0.4, -0.2) is 23.3 Å². The van der Waals surface area contributed by atoms with E-state index in [-0.39, 0.29) is 11.7 Å². The fourth-order valence-corrected chi connectivity index (χ4v) is 2.43. The highest BCUT2D eigenvalue weighted by Gasteiger charge is 2.05. The first-order valence-electron chi connectivity index (χ1n) is 3.62. The number of halogens is 1. The molecule has 0 radical (unpaired) electrons. The van der Waals surface area contributed by atoms with Crippen molar-refractivity contribution >= 4 is 40.7 Å². The number of hydrogen-bond acceptors (Lipinski definition) is 5. The molecule has 0 saturated carbocycles. The Kier molecular flexibility index (Phi) is 4.55. The second kappa shape index (κ2) is 5.47. The normalized spacial score (nSPS) is 10.0. The van der Waals surface area contributed by atoms with Crippen LogP contribution in [0.25, 0.3) is 0 Å². The zero-order chi connectivity index (χ0) is 9.68. The monoisotopic (exact) mass is 237 g/mol. The number of esters is 1. The van der Waals surface area contributed by atoms with Gasteiger partial charge in [-0.25, -0.2) is 4.98 Å². The van der Waals surface area contributed by atoms with Gasteiger partial charge in [-0.2, -0.15) is 0 Å². The Labute approximate surface area is 89.5 Å². The zero-order valence-electron chi connectivity index (χ0n) is 6.95. The van der Waals surface area contributed by atoms with Crippen molar-refractivity contribution in [2.24, 2.45) is 0 Å². The van der Waals surface area contributed by atoms with Crippen molar-refractivity contribution in [1.82, 2.24) is 4.98 Å². The van der Waals surface area contributed by atoms with Gasteiger partial charge in [0.05, 0.1) is 12.4 Å². The van der Waals surface area contributed by atoms with Crippen LogP contribution in [0.2, 0.25) is 5.15 Å². The number of nitrogens with zero attached hydrogens (tertiary/aromatic N) is 1. The van der Waals surface area contributed by atoms with E-state index in [9.17, 15) is 4.79 Å². The Morgan fingerprint density at radius 2 is 2.62 bits per heavy atom. The van der Waals surface area contributed by atoms with Crippen LogP contribution in [0.4, 0.5) is 0 Å². The van der Waals surface area contributed by atoms with E-state index in [1.165, 1.54) is 23.1 Å². The van der Waals surface area contributed by atoms with Crippen molar-refractivity contribution < 1.29 is 9.53 Å². The maximum Gasteiger partial charge on any atom is 0.316 e. The van der Waals surface area contributed by atoms with Gasteiger partial charge in [0.2, 0.25) is 0 Å². The molecule has 72 valence electrons. The molecule has 1 heterocycles. The van der Waals surface area contributed by atoms with Gasteiger partial charge in [0.15, 0.2) is 4.34 Å². The van der Waals surface area contributed by atoms with Gasteiger partial charge >= 0.3 is 5.97 Å². The van der Waals surface area contributed by atoms with Crippen LogP contribution in [0.5, 0.6) is 0 Å². The summed E-state index contributed by atoms with van der Waals surface area (Å²) in [5.41, 5.74) is 0. The van der Waals surface area contributed by atoms with Gasteiger partial charge in [0, 0.05) is 5.38 Å². The summed E-state index contributed by atoms with van der Waals surface area (Å²) < 4.78 is 5.54. The Bertz CT molecular complexity index is 290. The summed E-state index contributed by atoms with van der Waals surface area (Å²) in [5.74, 6) is 0.0661. The summed E-state index contributed by atoms with van der Waals surface area (Å²) in [7, 11) is 0. The van der Waals surface area contributed by atoms with Crippen molar-refractivity contribution in [3.05, 3.63) is 10.5 Å². The van der Waals surface area contributed by atoms with E-state index < -0.39 is 0 Å². The smallest absolute Gasteiger partial charge is 0.316 e. The molecule has 0 aliphatic rings. The van der Waals surface area contributed by atoms with Gasteiger partial charge in [-0.05, 0) is 6.92 Å². The average Bonchev–Trinajstić information content (AvgIpc) is 2.49. The van der Waals surface area contributed by atoms with Crippen LogP contribution in [0, 0.1) is 0 Å². The molecule has 0 bridgehead atoms. The van der Waals surface area contributed by atoms with Crippen molar-refractivity contribution in [2.75, 3.05) is 12.4 Å². The first kappa shape index (κ1) is 10.8. The lowest BCUT2D eigenvalue weighted by molar-refractivity contribution is -0.139. The number of thiazole rings is 1. The molecule has 0 aromatic carbocycles. The van der Waals surface area contributed by atoms with Gasteiger partial charge < -0.3 is 4.74 Å². The zero-order valence-corrected chi connectivity index (χ0v) is 9.34. The SMILES string of the molecule is CCOC(=O)CSc1nc(Cl)cs1. The Morgan fingerprint density at radius 1 is 1.85 bits per heavy atom. The van der Waals surface area contributed by atoms with E-state index in [1.54, 1.807) is 12.3 Å². The van der Waals surface area contributed by atoms with Crippen molar-refractivity contribution in [2.45, 2.75) is 11.3 Å². The summed E-state index contributed by atoms with van der Waals surface area (Å²) >= 11 is 8.37. The highest BCUT2D eigenvalue weighted by Crippen LogP contribution is 2.24. The second-order valence-electron chi connectivity index (χ2n) is 2.03. The molecular weight excluding hydrogens is 230 g/mol. The lowest BCUT2D eigenvalue weighted by Crippen LogP contribution is -2.06. The van der Waals surface area contributed by atoms with Crippen molar-refractivity contribution in [3.8, 4) is 0 Å². The predicted molar refractivity (Wildman–Crippen MR) is 54.5 cm³/mol. The average molecular weight is 238 g/mol. The summed E-state index contributed by atoms with van der Waals surface area (Å²) in [5, 5.41) is 2.20. The highest BCUT2D eigenvalue weighted by atomic mass is 35.5. The molecule has 0 N–H and O–H groups in total. The number of carbonyl (C=O) groups is 1.